The molecule has 96 valence electrons. The van der Waals surface area contributed by atoms with E-state index in [1.165, 1.54) is 0 Å². The molecule has 2 N–H and O–H groups in total. The quantitative estimate of drug-likeness (QED) is 0.789. The molecule has 1 amide bonds. The van der Waals surface area contributed by atoms with Gasteiger partial charge in [0.2, 0.25) is 5.91 Å². The SMILES string of the molecule is O=C(Cc1ccccc1I)NC(C(=O)O)C1CC1. The molecule has 0 spiro atoms. The smallest absolute Gasteiger partial charge is 0.326 e. The van der Waals surface area contributed by atoms with Crippen LogP contribution in [0, 0.1) is 9.49 Å². The van der Waals surface area contributed by atoms with Gasteiger partial charge in [-0.3, -0.25) is 4.79 Å². The van der Waals surface area contributed by atoms with E-state index >= 15 is 0 Å². The van der Waals surface area contributed by atoms with E-state index in [-0.39, 0.29) is 18.2 Å². The molecule has 1 saturated carbocycles. The fourth-order valence-electron chi connectivity index (χ4n) is 1.85. The Morgan fingerprint density at radius 1 is 1.39 bits per heavy atom. The van der Waals surface area contributed by atoms with Crippen molar-refractivity contribution in [3.05, 3.63) is 33.4 Å². The molecule has 0 aromatic heterocycles. The summed E-state index contributed by atoms with van der Waals surface area (Å²) in [6, 6.07) is 6.87. The number of rotatable bonds is 5. The molecule has 0 radical (unpaired) electrons. The summed E-state index contributed by atoms with van der Waals surface area (Å²) >= 11 is 2.17. The maximum absolute atomic E-state index is 11.8. The maximum atomic E-state index is 11.8. The van der Waals surface area contributed by atoms with Crippen molar-refractivity contribution in [2.75, 3.05) is 0 Å². The normalized spacial score (nSPS) is 16.1. The molecule has 1 aromatic carbocycles. The van der Waals surface area contributed by atoms with Crippen molar-refractivity contribution in [1.82, 2.24) is 5.32 Å². The zero-order valence-electron chi connectivity index (χ0n) is 9.73. The second kappa shape index (κ2) is 5.69. The third-order valence-corrected chi connectivity index (χ3v) is 4.04. The Labute approximate surface area is 119 Å². The van der Waals surface area contributed by atoms with E-state index in [4.69, 9.17) is 5.11 Å². The molecule has 0 heterocycles. The fourth-order valence-corrected chi connectivity index (χ4v) is 2.43. The fraction of sp³-hybridized carbons (Fsp3) is 0.385. The monoisotopic (exact) mass is 359 g/mol. The van der Waals surface area contributed by atoms with E-state index in [2.05, 4.69) is 27.9 Å². The summed E-state index contributed by atoms with van der Waals surface area (Å²) in [7, 11) is 0. The third kappa shape index (κ3) is 3.44. The Hall–Kier alpha value is -1.11. The van der Waals surface area contributed by atoms with Crippen molar-refractivity contribution in [2.24, 2.45) is 5.92 Å². The molecule has 1 fully saturated rings. The van der Waals surface area contributed by atoms with Gasteiger partial charge in [0.1, 0.15) is 6.04 Å². The van der Waals surface area contributed by atoms with Crippen molar-refractivity contribution in [3.8, 4) is 0 Å². The molecule has 0 saturated heterocycles. The molecule has 0 aliphatic heterocycles. The van der Waals surface area contributed by atoms with E-state index in [9.17, 15) is 9.59 Å². The molecule has 1 aliphatic rings. The minimum absolute atomic E-state index is 0.112. The van der Waals surface area contributed by atoms with Gasteiger partial charge in [-0.1, -0.05) is 18.2 Å². The number of aliphatic carboxylic acids is 1. The highest BCUT2D eigenvalue weighted by Crippen LogP contribution is 2.32. The number of hydrogen-bond donors (Lipinski definition) is 2. The van der Waals surface area contributed by atoms with Crippen molar-refractivity contribution >= 4 is 34.5 Å². The number of benzene rings is 1. The number of carboxylic acids is 1. The summed E-state index contributed by atoms with van der Waals surface area (Å²) < 4.78 is 1.02. The minimum Gasteiger partial charge on any atom is -0.480 e. The van der Waals surface area contributed by atoms with Crippen molar-refractivity contribution in [2.45, 2.75) is 25.3 Å². The molecule has 1 aliphatic carbocycles. The molecule has 4 nitrogen and oxygen atoms in total. The van der Waals surface area contributed by atoms with Gasteiger partial charge in [0.15, 0.2) is 0 Å². The van der Waals surface area contributed by atoms with Crippen LogP contribution in [0.1, 0.15) is 18.4 Å². The number of halogens is 1. The Kier molecular flexibility index (Phi) is 4.21. The van der Waals surface area contributed by atoms with Gasteiger partial charge in [-0.15, -0.1) is 0 Å². The zero-order valence-corrected chi connectivity index (χ0v) is 11.9. The zero-order chi connectivity index (χ0) is 13.1. The first-order valence-corrected chi connectivity index (χ1v) is 6.91. The number of carboxylic acid groups (broad SMARTS) is 1. The van der Waals surface area contributed by atoms with Gasteiger partial charge in [-0.2, -0.15) is 0 Å². The highest BCUT2D eigenvalue weighted by molar-refractivity contribution is 14.1. The molecular formula is C13H14INO3. The van der Waals surface area contributed by atoms with Gasteiger partial charge in [-0.05, 0) is 53.0 Å². The number of amides is 1. The second-order valence-electron chi connectivity index (χ2n) is 4.49. The molecule has 2 rings (SSSR count). The molecular weight excluding hydrogens is 345 g/mol. The summed E-state index contributed by atoms with van der Waals surface area (Å²) in [5.41, 5.74) is 0.926. The van der Waals surface area contributed by atoms with Gasteiger partial charge >= 0.3 is 5.97 Å². The lowest BCUT2D eigenvalue weighted by molar-refractivity contribution is -0.142. The van der Waals surface area contributed by atoms with Gasteiger partial charge in [0.05, 0.1) is 6.42 Å². The van der Waals surface area contributed by atoms with Crippen LogP contribution in [0.25, 0.3) is 0 Å². The Balaban J connectivity index is 1.96. The average Bonchev–Trinajstić information content (AvgIpc) is 3.13. The molecule has 5 heteroatoms. The van der Waals surface area contributed by atoms with Crippen molar-refractivity contribution in [3.63, 3.8) is 0 Å². The Bertz CT molecular complexity index is 471. The second-order valence-corrected chi connectivity index (χ2v) is 5.65. The number of carbonyl (C=O) groups is 2. The van der Waals surface area contributed by atoms with Gasteiger partial charge < -0.3 is 10.4 Å². The van der Waals surface area contributed by atoms with Crippen molar-refractivity contribution in [1.29, 1.82) is 0 Å². The van der Waals surface area contributed by atoms with Gasteiger partial charge in [0, 0.05) is 3.57 Å². The van der Waals surface area contributed by atoms with E-state index in [1.807, 2.05) is 24.3 Å². The highest BCUT2D eigenvalue weighted by atomic mass is 127. The first-order chi connectivity index (χ1) is 8.58. The maximum Gasteiger partial charge on any atom is 0.326 e. The van der Waals surface area contributed by atoms with Crippen LogP contribution in [0.3, 0.4) is 0 Å². The minimum atomic E-state index is -0.936. The summed E-state index contributed by atoms with van der Waals surface area (Å²) in [6.45, 7) is 0. The highest BCUT2D eigenvalue weighted by Gasteiger charge is 2.37. The Morgan fingerprint density at radius 2 is 2.06 bits per heavy atom. The molecule has 18 heavy (non-hydrogen) atoms. The average molecular weight is 359 g/mol. The van der Waals surface area contributed by atoms with Crippen LogP contribution in [-0.4, -0.2) is 23.0 Å². The van der Waals surface area contributed by atoms with Crippen LogP contribution in [0.4, 0.5) is 0 Å². The topological polar surface area (TPSA) is 66.4 Å². The van der Waals surface area contributed by atoms with Gasteiger partial charge in [0.25, 0.3) is 0 Å². The summed E-state index contributed by atoms with van der Waals surface area (Å²) in [5, 5.41) is 11.6. The van der Waals surface area contributed by atoms with E-state index in [0.29, 0.717) is 0 Å². The van der Waals surface area contributed by atoms with E-state index in [0.717, 1.165) is 22.0 Å². The summed E-state index contributed by atoms with van der Waals surface area (Å²) in [6.07, 6.45) is 2.01. The van der Waals surface area contributed by atoms with Crippen LogP contribution in [-0.2, 0) is 16.0 Å². The summed E-state index contributed by atoms with van der Waals surface area (Å²) in [4.78, 5) is 22.9. The lowest BCUT2D eigenvalue weighted by Crippen LogP contribution is -2.43. The largest absolute Gasteiger partial charge is 0.480 e. The third-order valence-electron chi connectivity index (χ3n) is 2.98. The predicted molar refractivity (Wildman–Crippen MR) is 75.2 cm³/mol. The molecule has 1 aromatic rings. The van der Waals surface area contributed by atoms with Crippen LogP contribution in [0.15, 0.2) is 24.3 Å². The standard InChI is InChI=1S/C13H14INO3/c14-10-4-2-1-3-9(10)7-11(16)15-12(13(17)18)8-5-6-8/h1-4,8,12H,5-7H2,(H,15,16)(H,17,18). The van der Waals surface area contributed by atoms with Crippen LogP contribution < -0.4 is 5.32 Å². The van der Waals surface area contributed by atoms with Crippen molar-refractivity contribution < 1.29 is 14.7 Å². The predicted octanol–water partition coefficient (Wildman–Crippen LogP) is 1.81. The van der Waals surface area contributed by atoms with Gasteiger partial charge in [-0.25, -0.2) is 4.79 Å². The van der Waals surface area contributed by atoms with Crippen LogP contribution in [0.2, 0.25) is 0 Å². The first-order valence-electron chi connectivity index (χ1n) is 5.83. The summed E-state index contributed by atoms with van der Waals surface area (Å²) in [5.74, 6) is -1.05. The first kappa shape index (κ1) is 13.3. The lowest BCUT2D eigenvalue weighted by Gasteiger charge is -2.13. The van der Waals surface area contributed by atoms with E-state index < -0.39 is 12.0 Å². The van der Waals surface area contributed by atoms with Crippen LogP contribution >= 0.6 is 22.6 Å². The Morgan fingerprint density at radius 3 is 2.61 bits per heavy atom. The van der Waals surface area contributed by atoms with E-state index in [1.54, 1.807) is 0 Å². The number of carbonyl (C=O) groups excluding carboxylic acids is 1. The molecule has 1 unspecified atom stereocenters. The number of nitrogens with one attached hydrogen (secondary N) is 1. The lowest BCUT2D eigenvalue weighted by atomic mass is 10.1. The van der Waals surface area contributed by atoms with Crippen LogP contribution in [0.5, 0.6) is 0 Å². The number of hydrogen-bond acceptors (Lipinski definition) is 2. The molecule has 0 bridgehead atoms. The molecule has 1 atom stereocenters.